The first-order chi connectivity index (χ1) is 16.1. The number of fused-ring (bicyclic) bond motifs is 1. The molecule has 0 spiro atoms. The molecule has 3 amide bonds. The molecule has 8 heteroatoms. The molecule has 0 bridgehead atoms. The molecule has 0 radical (unpaired) electrons. The molecule has 8 nitrogen and oxygen atoms in total. The Bertz CT molecular complexity index is 1230. The summed E-state index contributed by atoms with van der Waals surface area (Å²) in [6.07, 6.45) is 3.29. The third kappa shape index (κ3) is 4.08. The van der Waals surface area contributed by atoms with Gasteiger partial charge in [-0.3, -0.25) is 9.59 Å². The number of hydrogen-bond acceptors (Lipinski definition) is 4. The molecule has 0 saturated carbocycles. The van der Waals surface area contributed by atoms with Gasteiger partial charge in [0.1, 0.15) is 0 Å². The maximum atomic E-state index is 13.5. The Labute approximate surface area is 192 Å². The van der Waals surface area contributed by atoms with Crippen LogP contribution in [0.3, 0.4) is 0 Å². The maximum absolute atomic E-state index is 13.5. The van der Waals surface area contributed by atoms with Gasteiger partial charge in [0.2, 0.25) is 0 Å². The highest BCUT2D eigenvalue weighted by Crippen LogP contribution is 2.19. The highest BCUT2D eigenvalue weighted by Gasteiger charge is 2.30. The summed E-state index contributed by atoms with van der Waals surface area (Å²) in [5.41, 5.74) is 0.606. The van der Waals surface area contributed by atoms with Crippen molar-refractivity contribution in [1.29, 1.82) is 0 Å². The molecule has 2 aromatic carbocycles. The molecule has 5 rings (SSSR count). The predicted octanol–water partition coefficient (Wildman–Crippen LogP) is 2.75. The summed E-state index contributed by atoms with van der Waals surface area (Å²) in [6.45, 7) is 3.51. The zero-order valence-electron chi connectivity index (χ0n) is 18.5. The second kappa shape index (κ2) is 9.05. The van der Waals surface area contributed by atoms with E-state index in [9.17, 15) is 14.4 Å². The van der Waals surface area contributed by atoms with Crippen molar-refractivity contribution < 1.29 is 9.59 Å². The number of carbonyl (C=O) groups excluding carboxylic acids is 2. The zero-order valence-corrected chi connectivity index (χ0v) is 18.5. The molecule has 3 aromatic rings. The van der Waals surface area contributed by atoms with E-state index in [2.05, 4.69) is 5.10 Å². The van der Waals surface area contributed by atoms with Crippen molar-refractivity contribution in [2.24, 2.45) is 0 Å². The monoisotopic (exact) mass is 445 g/mol. The molecule has 3 heterocycles. The lowest BCUT2D eigenvalue weighted by molar-refractivity contribution is 0.0628. The van der Waals surface area contributed by atoms with Gasteiger partial charge in [-0.25, -0.2) is 4.79 Å². The number of rotatable bonds is 2. The first-order valence-corrected chi connectivity index (χ1v) is 11.5. The van der Waals surface area contributed by atoms with E-state index in [1.165, 1.54) is 11.1 Å². The summed E-state index contributed by atoms with van der Waals surface area (Å²) in [7, 11) is 0. The molecule has 170 valence electrons. The standard InChI is InChI=1S/C25H27N5O3/c31-23-21-12-6-5-11-20(21)22(26-30(23)19-9-3-1-4-10-19)24(32)27-15-17-29(18-16-27)25(33)28-13-7-2-8-14-28/h1,3-6,9-12H,2,7-8,13-18H2. The van der Waals surface area contributed by atoms with Gasteiger partial charge in [-0.2, -0.15) is 9.78 Å². The highest BCUT2D eigenvalue weighted by molar-refractivity contribution is 6.05. The number of urea groups is 1. The average Bonchev–Trinajstić information content (AvgIpc) is 2.89. The second-order valence-corrected chi connectivity index (χ2v) is 8.56. The van der Waals surface area contributed by atoms with Gasteiger partial charge in [-0.1, -0.05) is 36.4 Å². The number of piperazine rings is 1. The first-order valence-electron chi connectivity index (χ1n) is 11.5. The van der Waals surface area contributed by atoms with E-state index >= 15 is 0 Å². The molecular weight excluding hydrogens is 418 g/mol. The van der Waals surface area contributed by atoms with Gasteiger partial charge in [0.25, 0.3) is 11.5 Å². The van der Waals surface area contributed by atoms with Crippen molar-refractivity contribution >= 4 is 22.7 Å². The summed E-state index contributed by atoms with van der Waals surface area (Å²) >= 11 is 0. The van der Waals surface area contributed by atoms with Crippen LogP contribution in [0.25, 0.3) is 16.5 Å². The van der Waals surface area contributed by atoms with E-state index in [0.717, 1.165) is 25.9 Å². The number of benzene rings is 2. The minimum atomic E-state index is -0.259. The van der Waals surface area contributed by atoms with Crippen LogP contribution in [0.5, 0.6) is 0 Å². The van der Waals surface area contributed by atoms with E-state index in [1.54, 1.807) is 35.2 Å². The molecule has 33 heavy (non-hydrogen) atoms. The van der Waals surface area contributed by atoms with Crippen LogP contribution in [0.1, 0.15) is 29.8 Å². The van der Waals surface area contributed by atoms with Crippen molar-refractivity contribution in [3.63, 3.8) is 0 Å². The van der Waals surface area contributed by atoms with Crippen molar-refractivity contribution in [3.8, 4) is 5.69 Å². The minimum absolute atomic E-state index is 0.0722. The van der Waals surface area contributed by atoms with E-state index in [1.807, 2.05) is 34.1 Å². The molecule has 0 N–H and O–H groups in total. The summed E-state index contributed by atoms with van der Waals surface area (Å²) < 4.78 is 1.30. The van der Waals surface area contributed by atoms with Crippen molar-refractivity contribution in [3.05, 3.63) is 70.6 Å². The lowest BCUT2D eigenvalue weighted by atomic mass is 10.1. The van der Waals surface area contributed by atoms with Gasteiger partial charge in [0.05, 0.1) is 11.1 Å². The van der Waals surface area contributed by atoms with Crippen molar-refractivity contribution in [2.45, 2.75) is 19.3 Å². The smallest absolute Gasteiger partial charge is 0.320 e. The Morgan fingerprint density at radius 1 is 0.667 bits per heavy atom. The van der Waals surface area contributed by atoms with Gasteiger partial charge in [-0.15, -0.1) is 0 Å². The van der Waals surface area contributed by atoms with Gasteiger partial charge in [0.15, 0.2) is 5.69 Å². The minimum Gasteiger partial charge on any atom is -0.334 e. The molecule has 2 aliphatic heterocycles. The Hall–Kier alpha value is -3.68. The Morgan fingerprint density at radius 3 is 1.94 bits per heavy atom. The van der Waals surface area contributed by atoms with Crippen molar-refractivity contribution in [1.82, 2.24) is 24.5 Å². The van der Waals surface area contributed by atoms with Gasteiger partial charge >= 0.3 is 6.03 Å². The molecule has 2 aliphatic rings. The highest BCUT2D eigenvalue weighted by atomic mass is 16.2. The molecule has 2 saturated heterocycles. The van der Waals surface area contributed by atoms with E-state index < -0.39 is 0 Å². The third-order valence-electron chi connectivity index (χ3n) is 6.47. The third-order valence-corrected chi connectivity index (χ3v) is 6.47. The fourth-order valence-electron chi connectivity index (χ4n) is 4.63. The maximum Gasteiger partial charge on any atom is 0.320 e. The molecule has 0 atom stereocenters. The first kappa shape index (κ1) is 21.2. The van der Waals surface area contributed by atoms with Crippen LogP contribution in [0.2, 0.25) is 0 Å². The van der Waals surface area contributed by atoms with Crippen LogP contribution in [0.15, 0.2) is 59.4 Å². The van der Waals surface area contributed by atoms with Gasteiger partial charge in [-0.05, 0) is 37.5 Å². The van der Waals surface area contributed by atoms with Gasteiger partial charge in [0, 0.05) is 44.7 Å². The summed E-state index contributed by atoms with van der Waals surface area (Å²) in [5, 5.41) is 5.50. The van der Waals surface area contributed by atoms with E-state index in [4.69, 9.17) is 0 Å². The molecule has 1 aromatic heterocycles. The van der Waals surface area contributed by atoms with Crippen LogP contribution in [-0.2, 0) is 0 Å². The normalized spacial score (nSPS) is 16.8. The number of carbonyl (C=O) groups is 2. The lowest BCUT2D eigenvalue weighted by Crippen LogP contribution is -2.54. The molecule has 0 aliphatic carbocycles. The Balaban J connectivity index is 1.40. The number of amides is 3. The van der Waals surface area contributed by atoms with E-state index in [0.29, 0.717) is 42.6 Å². The predicted molar refractivity (Wildman–Crippen MR) is 126 cm³/mol. The number of aromatic nitrogens is 2. The van der Waals surface area contributed by atoms with Crippen LogP contribution < -0.4 is 5.56 Å². The van der Waals surface area contributed by atoms with Crippen molar-refractivity contribution in [2.75, 3.05) is 39.3 Å². The van der Waals surface area contributed by atoms with Crippen LogP contribution in [0.4, 0.5) is 4.79 Å². The number of hydrogen-bond donors (Lipinski definition) is 0. The van der Waals surface area contributed by atoms with E-state index in [-0.39, 0.29) is 23.2 Å². The second-order valence-electron chi connectivity index (χ2n) is 8.56. The largest absolute Gasteiger partial charge is 0.334 e. The number of nitrogens with zero attached hydrogens (tertiary/aromatic N) is 5. The fraction of sp³-hybridized carbons (Fsp3) is 0.360. The quantitative estimate of drug-likeness (QED) is 0.608. The number of para-hydroxylation sites is 1. The Kier molecular flexibility index (Phi) is 5.81. The van der Waals surface area contributed by atoms with Crippen LogP contribution >= 0.6 is 0 Å². The summed E-state index contributed by atoms with van der Waals surface area (Å²) in [5.74, 6) is -0.221. The summed E-state index contributed by atoms with van der Waals surface area (Å²) in [6, 6.07) is 16.3. The summed E-state index contributed by atoms with van der Waals surface area (Å²) in [4.78, 5) is 44.9. The van der Waals surface area contributed by atoms with Crippen LogP contribution in [-0.4, -0.2) is 75.7 Å². The van der Waals surface area contributed by atoms with Gasteiger partial charge < -0.3 is 14.7 Å². The molecular formula is C25H27N5O3. The lowest BCUT2D eigenvalue weighted by Gasteiger charge is -2.38. The zero-order chi connectivity index (χ0) is 22.8. The van der Waals surface area contributed by atoms with Crippen LogP contribution in [0, 0.1) is 0 Å². The SMILES string of the molecule is O=C(c1nn(-c2ccccc2)c(=O)c2ccccc12)N1CCN(C(=O)N2CCCCC2)CC1. The molecule has 2 fully saturated rings. The number of likely N-dealkylation sites (tertiary alicyclic amines) is 1. The molecule has 0 unspecified atom stereocenters. The number of piperidine rings is 1. The fourth-order valence-corrected chi connectivity index (χ4v) is 4.63. The Morgan fingerprint density at radius 2 is 1.24 bits per heavy atom. The topological polar surface area (TPSA) is 78.8 Å². The average molecular weight is 446 g/mol.